The van der Waals surface area contributed by atoms with Crippen LogP contribution in [0.4, 0.5) is 16.6 Å². The number of nitro groups is 1. The Hall–Kier alpha value is -3.01. The van der Waals surface area contributed by atoms with Crippen molar-refractivity contribution in [1.29, 1.82) is 0 Å². The number of ether oxygens (including phenoxy) is 1. The van der Waals surface area contributed by atoms with Crippen LogP contribution in [0.15, 0.2) is 29.3 Å². The number of fused-ring (bicyclic) bond motifs is 1. The normalized spacial score (nSPS) is 10.6. The van der Waals surface area contributed by atoms with E-state index in [-0.39, 0.29) is 5.82 Å². The van der Waals surface area contributed by atoms with Gasteiger partial charge in [-0.15, -0.1) is 0 Å². The van der Waals surface area contributed by atoms with Crippen molar-refractivity contribution in [3.05, 3.63) is 45.0 Å². The van der Waals surface area contributed by atoms with Crippen LogP contribution in [-0.2, 0) is 0 Å². The first-order chi connectivity index (χ1) is 10.6. The maximum atomic E-state index is 11.5. The van der Waals surface area contributed by atoms with E-state index >= 15 is 0 Å². The summed E-state index contributed by atoms with van der Waals surface area (Å²) >= 11 is 1.27. The average molecular weight is 319 g/mol. The Morgan fingerprint density at radius 3 is 3.00 bits per heavy atom. The molecule has 3 aromatic rings. The van der Waals surface area contributed by atoms with E-state index in [1.807, 2.05) is 0 Å². The van der Waals surface area contributed by atoms with Gasteiger partial charge >= 0.3 is 11.2 Å². The summed E-state index contributed by atoms with van der Waals surface area (Å²) in [5, 5.41) is 14.1. The third-order valence-electron chi connectivity index (χ3n) is 2.83. The van der Waals surface area contributed by atoms with Crippen LogP contribution in [0.3, 0.4) is 0 Å². The van der Waals surface area contributed by atoms with Crippen LogP contribution in [0.25, 0.3) is 10.2 Å². The van der Waals surface area contributed by atoms with E-state index in [2.05, 4.69) is 20.3 Å². The van der Waals surface area contributed by atoms with Crippen molar-refractivity contribution in [2.24, 2.45) is 0 Å². The zero-order valence-corrected chi connectivity index (χ0v) is 12.0. The number of methoxy groups -OCH3 is 1. The number of anilines is 2. The molecule has 2 aromatic heterocycles. The van der Waals surface area contributed by atoms with Crippen LogP contribution in [0.5, 0.6) is 5.75 Å². The zero-order valence-electron chi connectivity index (χ0n) is 11.2. The minimum absolute atomic E-state index is 0.153. The zero-order chi connectivity index (χ0) is 15.7. The van der Waals surface area contributed by atoms with E-state index in [9.17, 15) is 14.9 Å². The van der Waals surface area contributed by atoms with Gasteiger partial charge in [-0.2, -0.15) is 0 Å². The average Bonchev–Trinajstić information content (AvgIpc) is 2.87. The maximum absolute atomic E-state index is 11.5. The van der Waals surface area contributed by atoms with Crippen LogP contribution in [-0.4, -0.2) is 27.0 Å². The number of thiazole rings is 1. The van der Waals surface area contributed by atoms with Crippen molar-refractivity contribution in [3.63, 3.8) is 0 Å². The fourth-order valence-corrected chi connectivity index (χ4v) is 2.73. The van der Waals surface area contributed by atoms with Gasteiger partial charge in [-0.05, 0) is 18.2 Å². The summed E-state index contributed by atoms with van der Waals surface area (Å²) in [4.78, 5) is 31.9. The van der Waals surface area contributed by atoms with Gasteiger partial charge in [0, 0.05) is 0 Å². The van der Waals surface area contributed by atoms with E-state index in [1.165, 1.54) is 11.3 Å². The van der Waals surface area contributed by atoms with E-state index in [1.54, 1.807) is 25.3 Å². The van der Waals surface area contributed by atoms with Crippen LogP contribution in [0.2, 0.25) is 0 Å². The summed E-state index contributed by atoms with van der Waals surface area (Å²) in [5.74, 6) is 0.530. The van der Waals surface area contributed by atoms with Crippen molar-refractivity contribution in [2.75, 3.05) is 12.4 Å². The highest BCUT2D eigenvalue weighted by molar-refractivity contribution is 7.22. The molecule has 0 unspecified atom stereocenters. The molecule has 0 saturated heterocycles. The third kappa shape index (κ3) is 2.46. The summed E-state index contributed by atoms with van der Waals surface area (Å²) in [6, 6.07) is 5.34. The Labute approximate surface area is 126 Å². The van der Waals surface area contributed by atoms with Crippen molar-refractivity contribution in [2.45, 2.75) is 0 Å². The number of aromatic nitrogens is 3. The summed E-state index contributed by atoms with van der Waals surface area (Å²) in [5.41, 5.74) is -0.773. The highest BCUT2D eigenvalue weighted by Gasteiger charge is 2.21. The van der Waals surface area contributed by atoms with Crippen molar-refractivity contribution < 1.29 is 9.66 Å². The number of nitrogens with zero attached hydrogens (tertiary/aromatic N) is 3. The van der Waals surface area contributed by atoms with Gasteiger partial charge in [0.1, 0.15) is 5.75 Å². The molecule has 0 fully saturated rings. The monoisotopic (exact) mass is 319 g/mol. The molecular formula is C12H9N5O4S. The molecule has 0 aliphatic carbocycles. The molecule has 0 amide bonds. The van der Waals surface area contributed by atoms with Gasteiger partial charge in [0.2, 0.25) is 5.82 Å². The number of nitrogens with one attached hydrogen (secondary N) is 2. The van der Waals surface area contributed by atoms with Crippen LogP contribution >= 0.6 is 11.3 Å². The van der Waals surface area contributed by atoms with E-state index in [0.717, 1.165) is 11.0 Å². The molecular weight excluding hydrogens is 310 g/mol. The van der Waals surface area contributed by atoms with Gasteiger partial charge in [-0.1, -0.05) is 11.3 Å². The third-order valence-corrected chi connectivity index (χ3v) is 3.77. The Bertz CT molecular complexity index is 919. The molecule has 0 radical (unpaired) electrons. The molecule has 0 spiro atoms. The number of hydrogen-bond acceptors (Lipinski definition) is 8. The van der Waals surface area contributed by atoms with Crippen LogP contribution in [0, 0.1) is 10.1 Å². The molecule has 0 aliphatic heterocycles. The number of H-pyrrole nitrogens is 1. The van der Waals surface area contributed by atoms with Gasteiger partial charge in [0.05, 0.1) is 28.6 Å². The lowest BCUT2D eigenvalue weighted by Crippen LogP contribution is -2.14. The first kappa shape index (κ1) is 13.9. The summed E-state index contributed by atoms with van der Waals surface area (Å²) in [6.45, 7) is 0. The van der Waals surface area contributed by atoms with E-state index in [4.69, 9.17) is 4.74 Å². The van der Waals surface area contributed by atoms with Gasteiger partial charge in [-0.25, -0.2) is 9.97 Å². The second kappa shape index (κ2) is 5.41. The standard InChI is InChI=1S/C12H9N5O4S/c1-21-6-2-3-7-8(4-6)22-12(15-7)16-10-9(17(19)20)11(18)14-5-13-10/h2-5H,1H3,(H2,13,14,15,16,18). The highest BCUT2D eigenvalue weighted by atomic mass is 32.1. The highest BCUT2D eigenvalue weighted by Crippen LogP contribution is 2.31. The number of benzene rings is 1. The van der Waals surface area contributed by atoms with Gasteiger partial charge in [0.15, 0.2) is 5.13 Å². The fraction of sp³-hybridized carbons (Fsp3) is 0.0833. The molecule has 2 N–H and O–H groups in total. The fourth-order valence-electron chi connectivity index (χ4n) is 1.84. The van der Waals surface area contributed by atoms with E-state index in [0.29, 0.717) is 16.4 Å². The van der Waals surface area contributed by atoms with Crippen molar-refractivity contribution in [1.82, 2.24) is 15.0 Å². The first-order valence-electron chi connectivity index (χ1n) is 6.02. The van der Waals surface area contributed by atoms with Crippen molar-refractivity contribution >= 4 is 38.2 Å². The minimum atomic E-state index is -0.828. The molecule has 0 aliphatic rings. The maximum Gasteiger partial charge on any atom is 0.376 e. The minimum Gasteiger partial charge on any atom is -0.497 e. The molecule has 10 heteroatoms. The molecule has 3 rings (SSSR count). The summed E-state index contributed by atoms with van der Waals surface area (Å²) in [6.07, 6.45) is 1.09. The number of rotatable bonds is 4. The lowest BCUT2D eigenvalue weighted by atomic mass is 10.3. The Morgan fingerprint density at radius 2 is 2.27 bits per heavy atom. The number of hydrogen-bond donors (Lipinski definition) is 2. The van der Waals surface area contributed by atoms with E-state index < -0.39 is 16.2 Å². The molecule has 0 saturated carbocycles. The SMILES string of the molecule is COc1ccc2nc(Nc3nc[nH]c(=O)c3[N+](=O)[O-])sc2c1. The molecule has 9 nitrogen and oxygen atoms in total. The Balaban J connectivity index is 2.02. The van der Waals surface area contributed by atoms with Crippen LogP contribution < -0.4 is 15.6 Å². The molecule has 2 heterocycles. The molecule has 22 heavy (non-hydrogen) atoms. The largest absolute Gasteiger partial charge is 0.497 e. The predicted octanol–water partition coefficient (Wildman–Crippen LogP) is 2.04. The first-order valence-corrected chi connectivity index (χ1v) is 6.84. The molecule has 1 aromatic carbocycles. The van der Waals surface area contributed by atoms with Crippen LogP contribution in [0.1, 0.15) is 0 Å². The molecule has 0 bridgehead atoms. The Morgan fingerprint density at radius 1 is 1.45 bits per heavy atom. The summed E-state index contributed by atoms with van der Waals surface area (Å²) in [7, 11) is 1.56. The van der Waals surface area contributed by atoms with Gasteiger partial charge in [-0.3, -0.25) is 14.9 Å². The smallest absolute Gasteiger partial charge is 0.376 e. The van der Waals surface area contributed by atoms with Crippen molar-refractivity contribution in [3.8, 4) is 5.75 Å². The van der Waals surface area contributed by atoms with Gasteiger partial charge < -0.3 is 15.0 Å². The number of aromatic amines is 1. The molecule has 0 atom stereocenters. The lowest BCUT2D eigenvalue weighted by Gasteiger charge is -2.00. The Kier molecular flexibility index (Phi) is 3.43. The second-order valence-electron chi connectivity index (χ2n) is 4.16. The predicted molar refractivity (Wildman–Crippen MR) is 81.0 cm³/mol. The quantitative estimate of drug-likeness (QED) is 0.557. The van der Waals surface area contributed by atoms with Gasteiger partial charge in [0.25, 0.3) is 0 Å². The molecule has 112 valence electrons. The second-order valence-corrected chi connectivity index (χ2v) is 5.19. The lowest BCUT2D eigenvalue weighted by molar-refractivity contribution is -0.385. The summed E-state index contributed by atoms with van der Waals surface area (Å²) < 4.78 is 5.97. The topological polar surface area (TPSA) is 123 Å².